The Bertz CT molecular complexity index is 504. The molecule has 14 heavy (non-hydrogen) atoms. The number of furan rings is 1. The van der Waals surface area contributed by atoms with E-state index < -0.39 is 0 Å². The van der Waals surface area contributed by atoms with Crippen molar-refractivity contribution in [1.82, 2.24) is 0 Å². The minimum Gasteiger partial charge on any atom is -0.461 e. The molecule has 2 aromatic rings. The number of aryl methyl sites for hydroxylation is 5. The highest BCUT2D eigenvalue weighted by molar-refractivity contribution is 5.88. The lowest BCUT2D eigenvalue weighted by molar-refractivity contribution is 0.573. The summed E-state index contributed by atoms with van der Waals surface area (Å²) in [6, 6.07) is 2.19. The van der Waals surface area contributed by atoms with Gasteiger partial charge in [-0.3, -0.25) is 0 Å². The Morgan fingerprint density at radius 3 is 2.14 bits per heavy atom. The number of rotatable bonds is 0. The minimum atomic E-state index is 1.04. The first-order chi connectivity index (χ1) is 6.52. The van der Waals surface area contributed by atoms with Gasteiger partial charge in [0.25, 0.3) is 0 Å². The van der Waals surface area contributed by atoms with Crippen molar-refractivity contribution in [1.29, 1.82) is 0 Å². The molecule has 0 radical (unpaired) electrons. The molecule has 0 aliphatic carbocycles. The van der Waals surface area contributed by atoms with Crippen LogP contribution in [-0.4, -0.2) is 0 Å². The summed E-state index contributed by atoms with van der Waals surface area (Å²) in [7, 11) is 0. The molecule has 1 nitrogen and oxygen atoms in total. The summed E-state index contributed by atoms with van der Waals surface area (Å²) in [5.74, 6) is 1.04. The third-order valence-electron chi connectivity index (χ3n) is 3.14. The number of benzene rings is 1. The quantitative estimate of drug-likeness (QED) is 0.609. The average Bonchev–Trinajstić information content (AvgIpc) is 2.41. The van der Waals surface area contributed by atoms with E-state index in [1.54, 1.807) is 0 Å². The molecule has 74 valence electrons. The van der Waals surface area contributed by atoms with E-state index in [0.717, 1.165) is 11.3 Å². The second-order valence-electron chi connectivity index (χ2n) is 4.12. The summed E-state index contributed by atoms with van der Waals surface area (Å²) in [5.41, 5.74) is 6.27. The molecular formula is C13H16O. The van der Waals surface area contributed by atoms with Crippen LogP contribution in [0.2, 0.25) is 0 Å². The number of fused-ring (bicyclic) bond motifs is 1. The smallest absolute Gasteiger partial charge is 0.137 e. The maximum absolute atomic E-state index is 5.77. The van der Waals surface area contributed by atoms with Crippen molar-refractivity contribution in [3.63, 3.8) is 0 Å². The summed E-state index contributed by atoms with van der Waals surface area (Å²) < 4.78 is 5.77. The molecule has 0 saturated heterocycles. The molecule has 1 aromatic heterocycles. The Morgan fingerprint density at radius 2 is 1.50 bits per heavy atom. The van der Waals surface area contributed by atoms with E-state index in [-0.39, 0.29) is 0 Å². The Hall–Kier alpha value is -1.24. The van der Waals surface area contributed by atoms with Crippen molar-refractivity contribution in [3.05, 3.63) is 34.1 Å². The molecule has 0 aliphatic heterocycles. The summed E-state index contributed by atoms with van der Waals surface area (Å²) in [4.78, 5) is 0. The van der Waals surface area contributed by atoms with Crippen molar-refractivity contribution in [2.24, 2.45) is 0 Å². The molecule has 0 bridgehead atoms. The summed E-state index contributed by atoms with van der Waals surface area (Å²) in [6.45, 7) is 10.6. The van der Waals surface area contributed by atoms with Crippen LogP contribution >= 0.6 is 0 Å². The van der Waals surface area contributed by atoms with Gasteiger partial charge in [0.15, 0.2) is 0 Å². The van der Waals surface area contributed by atoms with E-state index in [1.807, 2.05) is 6.92 Å². The van der Waals surface area contributed by atoms with Crippen LogP contribution in [0.15, 0.2) is 10.5 Å². The Labute approximate surface area is 84.7 Å². The second kappa shape index (κ2) is 2.88. The van der Waals surface area contributed by atoms with Gasteiger partial charge < -0.3 is 4.42 Å². The van der Waals surface area contributed by atoms with Crippen LogP contribution in [-0.2, 0) is 0 Å². The maximum Gasteiger partial charge on any atom is 0.137 e. The van der Waals surface area contributed by atoms with E-state index >= 15 is 0 Å². The first kappa shape index (κ1) is 9.32. The van der Waals surface area contributed by atoms with Crippen LogP contribution in [0.1, 0.15) is 28.0 Å². The second-order valence-corrected chi connectivity index (χ2v) is 4.12. The molecule has 0 aliphatic rings. The third kappa shape index (κ3) is 1.08. The fourth-order valence-corrected chi connectivity index (χ4v) is 2.05. The maximum atomic E-state index is 5.77. The SMILES string of the molecule is Cc1cc(C)c2oc(C)c(C)c2c1C. The first-order valence-corrected chi connectivity index (χ1v) is 4.99. The highest BCUT2D eigenvalue weighted by atomic mass is 16.3. The fourth-order valence-electron chi connectivity index (χ4n) is 2.05. The van der Waals surface area contributed by atoms with Crippen LogP contribution < -0.4 is 0 Å². The summed E-state index contributed by atoms with van der Waals surface area (Å²) in [5, 5.41) is 1.31. The summed E-state index contributed by atoms with van der Waals surface area (Å²) >= 11 is 0. The van der Waals surface area contributed by atoms with Gasteiger partial charge in [-0.15, -0.1) is 0 Å². The Balaban J connectivity index is 3.03. The zero-order chi connectivity index (χ0) is 10.5. The van der Waals surface area contributed by atoms with Gasteiger partial charge in [0.05, 0.1) is 0 Å². The highest BCUT2D eigenvalue weighted by Gasteiger charge is 2.12. The molecule has 2 rings (SSSR count). The van der Waals surface area contributed by atoms with Gasteiger partial charge in [0, 0.05) is 5.39 Å². The Morgan fingerprint density at radius 1 is 0.857 bits per heavy atom. The van der Waals surface area contributed by atoms with Crippen molar-refractivity contribution in [2.45, 2.75) is 34.6 Å². The minimum absolute atomic E-state index is 1.04. The van der Waals surface area contributed by atoms with Crippen molar-refractivity contribution < 1.29 is 4.42 Å². The van der Waals surface area contributed by atoms with Crippen LogP contribution in [0.5, 0.6) is 0 Å². The zero-order valence-electron chi connectivity index (χ0n) is 9.49. The van der Waals surface area contributed by atoms with Gasteiger partial charge in [-0.25, -0.2) is 0 Å². The van der Waals surface area contributed by atoms with Crippen molar-refractivity contribution in [3.8, 4) is 0 Å². The van der Waals surface area contributed by atoms with E-state index in [0.29, 0.717) is 0 Å². The molecule has 0 spiro atoms. The van der Waals surface area contributed by atoms with Gasteiger partial charge in [0.1, 0.15) is 11.3 Å². The van der Waals surface area contributed by atoms with E-state index in [9.17, 15) is 0 Å². The molecule has 1 heterocycles. The van der Waals surface area contributed by atoms with Crippen molar-refractivity contribution in [2.75, 3.05) is 0 Å². The normalized spacial score (nSPS) is 11.2. The monoisotopic (exact) mass is 188 g/mol. The highest BCUT2D eigenvalue weighted by Crippen LogP contribution is 2.31. The van der Waals surface area contributed by atoms with Crippen LogP contribution in [0.3, 0.4) is 0 Å². The third-order valence-corrected chi connectivity index (χ3v) is 3.14. The molecule has 0 atom stereocenters. The topological polar surface area (TPSA) is 13.1 Å². The molecule has 0 fully saturated rings. The van der Waals surface area contributed by atoms with E-state index in [4.69, 9.17) is 4.42 Å². The summed E-state index contributed by atoms with van der Waals surface area (Å²) in [6.07, 6.45) is 0. The molecule has 0 saturated carbocycles. The van der Waals surface area contributed by atoms with Gasteiger partial charge in [-0.05, 0) is 56.9 Å². The number of hydrogen-bond donors (Lipinski definition) is 0. The molecule has 1 aromatic carbocycles. The van der Waals surface area contributed by atoms with Crippen molar-refractivity contribution >= 4 is 11.0 Å². The van der Waals surface area contributed by atoms with Crippen LogP contribution in [0.25, 0.3) is 11.0 Å². The molecule has 1 heteroatoms. The lowest BCUT2D eigenvalue weighted by atomic mass is 9.99. The number of hydrogen-bond acceptors (Lipinski definition) is 1. The lowest BCUT2D eigenvalue weighted by Crippen LogP contribution is -1.85. The Kier molecular flexibility index (Phi) is 1.91. The average molecular weight is 188 g/mol. The van der Waals surface area contributed by atoms with Gasteiger partial charge >= 0.3 is 0 Å². The predicted molar refractivity (Wildman–Crippen MR) is 59.9 cm³/mol. The largest absolute Gasteiger partial charge is 0.461 e. The molecular weight excluding hydrogens is 172 g/mol. The van der Waals surface area contributed by atoms with Gasteiger partial charge in [-0.1, -0.05) is 6.07 Å². The van der Waals surface area contributed by atoms with Gasteiger partial charge in [0.2, 0.25) is 0 Å². The zero-order valence-corrected chi connectivity index (χ0v) is 9.49. The van der Waals surface area contributed by atoms with E-state index in [1.165, 1.54) is 27.6 Å². The standard InChI is InChI=1S/C13H16O/c1-7-6-8(2)13-12(9(7)3)10(4)11(5)14-13/h6H,1-5H3. The molecule has 0 unspecified atom stereocenters. The van der Waals surface area contributed by atoms with Crippen LogP contribution in [0.4, 0.5) is 0 Å². The van der Waals surface area contributed by atoms with E-state index in [2.05, 4.69) is 33.8 Å². The molecule has 0 amide bonds. The molecule has 0 N–H and O–H groups in total. The predicted octanol–water partition coefficient (Wildman–Crippen LogP) is 3.97. The van der Waals surface area contributed by atoms with Crippen LogP contribution in [0, 0.1) is 34.6 Å². The van der Waals surface area contributed by atoms with Gasteiger partial charge in [-0.2, -0.15) is 0 Å². The fraction of sp³-hybridized carbons (Fsp3) is 0.385. The first-order valence-electron chi connectivity index (χ1n) is 4.99. The lowest BCUT2D eigenvalue weighted by Gasteiger charge is -2.04.